The minimum atomic E-state index is -3.09. The smallest absolute Gasteiger partial charge is 0.225 e. The van der Waals surface area contributed by atoms with E-state index in [4.69, 9.17) is 15.2 Å². The number of fused-ring (bicyclic) bond motifs is 1. The third-order valence-corrected chi connectivity index (χ3v) is 6.14. The van der Waals surface area contributed by atoms with E-state index in [1.165, 1.54) is 0 Å². The van der Waals surface area contributed by atoms with Crippen molar-refractivity contribution < 1.29 is 22.7 Å². The highest BCUT2D eigenvalue weighted by Crippen LogP contribution is 2.34. The number of ether oxygens (including phenoxy) is 2. The lowest BCUT2D eigenvalue weighted by Gasteiger charge is -2.19. The lowest BCUT2D eigenvalue weighted by atomic mass is 10.1. The number of hydrogen-bond acceptors (Lipinski definition) is 7. The van der Waals surface area contributed by atoms with Crippen molar-refractivity contribution in [1.82, 2.24) is 14.8 Å². The van der Waals surface area contributed by atoms with E-state index < -0.39 is 15.7 Å². The zero-order chi connectivity index (χ0) is 18.3. The molecule has 1 atom stereocenters. The molecule has 1 saturated heterocycles. The molecule has 1 aromatic heterocycles. The second kappa shape index (κ2) is 6.27. The zero-order valence-electron chi connectivity index (χ0n) is 13.9. The Bertz CT molecular complexity index is 969. The summed E-state index contributed by atoms with van der Waals surface area (Å²) in [7, 11) is -3.09. The van der Waals surface area contributed by atoms with Crippen molar-refractivity contribution in [2.24, 2.45) is 5.73 Å². The third kappa shape index (κ3) is 3.24. The first kappa shape index (κ1) is 16.8. The molecule has 0 aliphatic carbocycles. The molecular weight excluding hydrogens is 360 g/mol. The van der Waals surface area contributed by atoms with Crippen LogP contribution in [0.5, 0.6) is 11.5 Å². The van der Waals surface area contributed by atoms with E-state index in [0.29, 0.717) is 42.6 Å². The molecule has 0 radical (unpaired) electrons. The standard InChI is InChI=1S/C16H18N4O5S/c17-14(21)8-15-18-16(10-3-6-26(22,23)9-10)20(19-15)11-1-2-12-13(7-11)25-5-4-24-12/h1-2,7,10H,3-6,8-9H2,(H2,17,21)/t10-/m0/s1. The molecule has 0 unspecified atom stereocenters. The van der Waals surface area contributed by atoms with Crippen LogP contribution in [0.4, 0.5) is 0 Å². The highest BCUT2D eigenvalue weighted by molar-refractivity contribution is 7.91. The number of aromatic nitrogens is 3. The van der Waals surface area contributed by atoms with E-state index in [2.05, 4.69) is 10.1 Å². The Hall–Kier alpha value is -2.62. The minimum absolute atomic E-state index is 0.0201. The van der Waals surface area contributed by atoms with Gasteiger partial charge in [-0.15, -0.1) is 0 Å². The molecule has 0 bridgehead atoms. The molecule has 2 aliphatic rings. The SMILES string of the molecule is NC(=O)Cc1nc([C@H]2CCS(=O)(=O)C2)n(-c2ccc3c(c2)OCCO3)n1. The molecule has 2 aliphatic heterocycles. The zero-order valence-corrected chi connectivity index (χ0v) is 14.7. The molecule has 0 spiro atoms. The molecule has 2 aromatic rings. The molecule has 1 fully saturated rings. The lowest BCUT2D eigenvalue weighted by Crippen LogP contribution is -2.16. The predicted octanol–water partition coefficient (Wildman–Crippen LogP) is -0.0316. The number of amides is 1. The number of nitrogens with zero attached hydrogens (tertiary/aromatic N) is 3. The van der Waals surface area contributed by atoms with Crippen LogP contribution in [0, 0.1) is 0 Å². The largest absolute Gasteiger partial charge is 0.486 e. The van der Waals surface area contributed by atoms with Crippen LogP contribution in [0.15, 0.2) is 18.2 Å². The van der Waals surface area contributed by atoms with Gasteiger partial charge in [-0.1, -0.05) is 0 Å². The molecular formula is C16H18N4O5S. The molecule has 9 nitrogen and oxygen atoms in total. The first-order chi connectivity index (χ1) is 12.4. The fourth-order valence-corrected chi connectivity index (χ4v) is 4.96. The molecule has 1 amide bonds. The Balaban J connectivity index is 1.76. The van der Waals surface area contributed by atoms with Gasteiger partial charge in [0, 0.05) is 12.0 Å². The Kier molecular flexibility index (Phi) is 4.06. The molecule has 1 aromatic carbocycles. The van der Waals surface area contributed by atoms with Crippen molar-refractivity contribution in [3.63, 3.8) is 0 Å². The first-order valence-corrected chi connectivity index (χ1v) is 10.1. The quantitative estimate of drug-likeness (QED) is 0.791. The monoisotopic (exact) mass is 378 g/mol. The van der Waals surface area contributed by atoms with Crippen molar-refractivity contribution in [2.45, 2.75) is 18.8 Å². The summed E-state index contributed by atoms with van der Waals surface area (Å²) in [6, 6.07) is 5.34. The van der Waals surface area contributed by atoms with Gasteiger partial charge in [0.05, 0.1) is 23.6 Å². The maximum absolute atomic E-state index is 11.9. The van der Waals surface area contributed by atoms with E-state index in [1.54, 1.807) is 22.9 Å². The summed E-state index contributed by atoms with van der Waals surface area (Å²) in [5, 5.41) is 4.38. The summed E-state index contributed by atoms with van der Waals surface area (Å²) >= 11 is 0. The summed E-state index contributed by atoms with van der Waals surface area (Å²) in [5.74, 6) is 1.33. The van der Waals surface area contributed by atoms with Gasteiger partial charge in [0.1, 0.15) is 19.0 Å². The lowest BCUT2D eigenvalue weighted by molar-refractivity contribution is -0.117. The maximum atomic E-state index is 11.9. The molecule has 138 valence electrons. The Morgan fingerprint density at radius 2 is 2.04 bits per heavy atom. The van der Waals surface area contributed by atoms with Gasteiger partial charge in [0.2, 0.25) is 5.91 Å². The number of nitrogens with two attached hydrogens (primary N) is 1. The number of carbonyl (C=O) groups is 1. The van der Waals surface area contributed by atoms with Gasteiger partial charge in [-0.25, -0.2) is 18.1 Å². The number of rotatable bonds is 4. The summed E-state index contributed by atoms with van der Waals surface area (Å²) in [6.45, 7) is 0.943. The van der Waals surface area contributed by atoms with Crippen LogP contribution in [0.1, 0.15) is 24.0 Å². The van der Waals surface area contributed by atoms with Crippen molar-refractivity contribution >= 4 is 15.7 Å². The summed E-state index contributed by atoms with van der Waals surface area (Å²) < 4.78 is 36.4. The van der Waals surface area contributed by atoms with Gasteiger partial charge in [0.25, 0.3) is 0 Å². The molecule has 0 saturated carbocycles. The predicted molar refractivity (Wildman–Crippen MR) is 91.3 cm³/mol. The van der Waals surface area contributed by atoms with E-state index in [-0.39, 0.29) is 29.7 Å². The highest BCUT2D eigenvalue weighted by Gasteiger charge is 2.33. The third-order valence-electron chi connectivity index (χ3n) is 4.38. The van der Waals surface area contributed by atoms with Crippen LogP contribution < -0.4 is 15.2 Å². The van der Waals surface area contributed by atoms with Crippen LogP contribution in [0.2, 0.25) is 0 Å². The van der Waals surface area contributed by atoms with E-state index in [9.17, 15) is 13.2 Å². The van der Waals surface area contributed by atoms with Crippen LogP contribution >= 0.6 is 0 Å². The highest BCUT2D eigenvalue weighted by atomic mass is 32.2. The van der Waals surface area contributed by atoms with Crippen LogP contribution in [-0.4, -0.2) is 53.8 Å². The first-order valence-electron chi connectivity index (χ1n) is 8.26. The average Bonchev–Trinajstić information content (AvgIpc) is 3.17. The van der Waals surface area contributed by atoms with Gasteiger partial charge < -0.3 is 15.2 Å². The van der Waals surface area contributed by atoms with Gasteiger partial charge in [-0.05, 0) is 18.6 Å². The van der Waals surface area contributed by atoms with E-state index >= 15 is 0 Å². The van der Waals surface area contributed by atoms with Gasteiger partial charge in [-0.2, -0.15) is 5.10 Å². The van der Waals surface area contributed by atoms with Gasteiger partial charge >= 0.3 is 0 Å². The van der Waals surface area contributed by atoms with Gasteiger partial charge in [0.15, 0.2) is 27.2 Å². The van der Waals surface area contributed by atoms with Crippen molar-refractivity contribution in [1.29, 1.82) is 0 Å². The number of sulfone groups is 1. The van der Waals surface area contributed by atoms with E-state index in [0.717, 1.165) is 0 Å². The Morgan fingerprint density at radius 3 is 2.73 bits per heavy atom. The van der Waals surface area contributed by atoms with Crippen LogP contribution in [0.3, 0.4) is 0 Å². The minimum Gasteiger partial charge on any atom is -0.486 e. The topological polar surface area (TPSA) is 126 Å². The second-order valence-corrected chi connectivity index (χ2v) is 8.60. The average molecular weight is 378 g/mol. The van der Waals surface area contributed by atoms with Crippen molar-refractivity contribution in [3.05, 3.63) is 29.8 Å². The number of primary amides is 1. The number of carbonyl (C=O) groups excluding carboxylic acids is 1. The van der Waals surface area contributed by atoms with Crippen LogP contribution in [0.25, 0.3) is 5.69 Å². The number of benzene rings is 1. The normalized spacial score (nSPS) is 20.8. The van der Waals surface area contributed by atoms with Crippen molar-refractivity contribution in [2.75, 3.05) is 24.7 Å². The molecule has 26 heavy (non-hydrogen) atoms. The maximum Gasteiger partial charge on any atom is 0.225 e. The number of hydrogen-bond donors (Lipinski definition) is 1. The molecule has 3 heterocycles. The molecule has 2 N–H and O–H groups in total. The summed E-state index contributed by atoms with van der Waals surface area (Å²) in [5.41, 5.74) is 5.91. The summed E-state index contributed by atoms with van der Waals surface area (Å²) in [4.78, 5) is 15.6. The Labute approximate surface area is 150 Å². The fourth-order valence-electron chi connectivity index (χ4n) is 3.22. The second-order valence-electron chi connectivity index (χ2n) is 6.37. The Morgan fingerprint density at radius 1 is 1.27 bits per heavy atom. The van der Waals surface area contributed by atoms with Gasteiger partial charge in [-0.3, -0.25) is 4.79 Å². The molecule has 10 heteroatoms. The van der Waals surface area contributed by atoms with Crippen molar-refractivity contribution in [3.8, 4) is 17.2 Å². The van der Waals surface area contributed by atoms with E-state index in [1.807, 2.05) is 0 Å². The van der Waals surface area contributed by atoms with Crippen LogP contribution in [-0.2, 0) is 21.1 Å². The fraction of sp³-hybridized carbons (Fsp3) is 0.438. The molecule has 4 rings (SSSR count). The summed E-state index contributed by atoms with van der Waals surface area (Å²) in [6.07, 6.45) is 0.367.